The summed E-state index contributed by atoms with van der Waals surface area (Å²) >= 11 is 0. The number of hydrogen-bond acceptors (Lipinski definition) is 3. The molecule has 114 valence electrons. The molecule has 3 fully saturated rings. The Bertz CT molecular complexity index is 344. The van der Waals surface area contributed by atoms with Crippen molar-refractivity contribution in [2.75, 3.05) is 32.8 Å². The van der Waals surface area contributed by atoms with Gasteiger partial charge >= 0.3 is 6.03 Å². The SMILES string of the molecule is CC1COCCN1C(=O)NC1CCN(C2CCCC2)C1. The monoisotopic (exact) mass is 281 g/mol. The molecule has 0 radical (unpaired) electrons. The maximum atomic E-state index is 12.3. The Hall–Kier alpha value is -0.810. The Morgan fingerprint density at radius 2 is 2.00 bits per heavy atom. The summed E-state index contributed by atoms with van der Waals surface area (Å²) in [7, 11) is 0. The Morgan fingerprint density at radius 3 is 2.75 bits per heavy atom. The van der Waals surface area contributed by atoms with E-state index in [0.29, 0.717) is 25.8 Å². The number of carbonyl (C=O) groups is 1. The number of morpholine rings is 1. The highest BCUT2D eigenvalue weighted by molar-refractivity contribution is 5.75. The molecular formula is C15H27N3O2. The van der Waals surface area contributed by atoms with Crippen LogP contribution in [0.15, 0.2) is 0 Å². The van der Waals surface area contributed by atoms with Gasteiger partial charge in [-0.25, -0.2) is 4.79 Å². The van der Waals surface area contributed by atoms with Crippen LogP contribution in [-0.4, -0.2) is 66.8 Å². The van der Waals surface area contributed by atoms with Crippen molar-refractivity contribution in [3.8, 4) is 0 Å². The highest BCUT2D eigenvalue weighted by Gasteiger charge is 2.32. The minimum atomic E-state index is 0.0964. The molecule has 2 aliphatic heterocycles. The fourth-order valence-corrected chi connectivity index (χ4v) is 3.79. The second-order valence-corrected chi connectivity index (χ2v) is 6.49. The number of nitrogens with one attached hydrogen (secondary N) is 1. The molecule has 1 aliphatic carbocycles. The minimum absolute atomic E-state index is 0.0964. The Balaban J connectivity index is 1.47. The van der Waals surface area contributed by atoms with Gasteiger partial charge in [0.1, 0.15) is 0 Å². The van der Waals surface area contributed by atoms with Crippen LogP contribution in [0.2, 0.25) is 0 Å². The van der Waals surface area contributed by atoms with Crippen LogP contribution in [0, 0.1) is 0 Å². The van der Waals surface area contributed by atoms with Crippen molar-refractivity contribution in [3.05, 3.63) is 0 Å². The van der Waals surface area contributed by atoms with Gasteiger partial charge in [0.2, 0.25) is 0 Å². The van der Waals surface area contributed by atoms with Gasteiger partial charge in [0, 0.05) is 31.7 Å². The van der Waals surface area contributed by atoms with E-state index in [2.05, 4.69) is 17.1 Å². The van der Waals surface area contributed by atoms with Gasteiger partial charge in [-0.1, -0.05) is 12.8 Å². The quantitative estimate of drug-likeness (QED) is 0.833. The van der Waals surface area contributed by atoms with Crippen LogP contribution in [0.25, 0.3) is 0 Å². The first-order valence-corrected chi connectivity index (χ1v) is 8.13. The van der Waals surface area contributed by atoms with Gasteiger partial charge in [-0.05, 0) is 26.2 Å². The Kier molecular flexibility index (Phi) is 4.46. The van der Waals surface area contributed by atoms with Gasteiger partial charge in [0.25, 0.3) is 0 Å². The number of urea groups is 1. The van der Waals surface area contributed by atoms with E-state index in [1.807, 2.05) is 4.90 Å². The molecular weight excluding hydrogens is 254 g/mol. The third kappa shape index (κ3) is 3.09. The standard InChI is InChI=1S/C15H27N3O2/c1-12-11-20-9-8-18(12)15(19)16-13-6-7-17(10-13)14-4-2-3-5-14/h12-14H,2-11H2,1H3,(H,16,19). The van der Waals surface area contributed by atoms with Crippen molar-refractivity contribution in [1.29, 1.82) is 0 Å². The molecule has 0 bridgehead atoms. The van der Waals surface area contributed by atoms with Gasteiger partial charge in [-0.2, -0.15) is 0 Å². The molecule has 3 aliphatic rings. The predicted octanol–water partition coefficient (Wildman–Crippen LogP) is 1.43. The third-order valence-corrected chi connectivity index (χ3v) is 5.02. The molecule has 5 heteroatoms. The second kappa shape index (κ2) is 6.31. The molecule has 2 saturated heterocycles. The lowest BCUT2D eigenvalue weighted by Crippen LogP contribution is -2.53. The molecule has 0 aromatic rings. The smallest absolute Gasteiger partial charge is 0.318 e. The molecule has 0 spiro atoms. The lowest BCUT2D eigenvalue weighted by molar-refractivity contribution is 0.0184. The van der Waals surface area contributed by atoms with Crippen molar-refractivity contribution in [2.45, 2.75) is 57.2 Å². The van der Waals surface area contributed by atoms with Crippen LogP contribution < -0.4 is 5.32 Å². The Labute approximate surface area is 121 Å². The van der Waals surface area contributed by atoms with Crippen LogP contribution in [0.4, 0.5) is 4.79 Å². The van der Waals surface area contributed by atoms with Gasteiger partial charge in [-0.15, -0.1) is 0 Å². The molecule has 0 aromatic carbocycles. The first kappa shape index (κ1) is 14.1. The van der Waals surface area contributed by atoms with Crippen LogP contribution >= 0.6 is 0 Å². The number of amides is 2. The molecule has 2 amide bonds. The average molecular weight is 281 g/mol. The van der Waals surface area contributed by atoms with Gasteiger partial charge in [0.05, 0.1) is 19.3 Å². The summed E-state index contributed by atoms with van der Waals surface area (Å²) < 4.78 is 5.39. The molecule has 5 nitrogen and oxygen atoms in total. The summed E-state index contributed by atoms with van der Waals surface area (Å²) in [5.74, 6) is 0. The van der Waals surface area contributed by atoms with Gasteiger partial charge in [0.15, 0.2) is 0 Å². The van der Waals surface area contributed by atoms with Crippen LogP contribution in [0.3, 0.4) is 0 Å². The molecule has 3 rings (SSSR count). The number of rotatable bonds is 2. The summed E-state index contributed by atoms with van der Waals surface area (Å²) in [5.41, 5.74) is 0. The van der Waals surface area contributed by atoms with E-state index < -0.39 is 0 Å². The van der Waals surface area contributed by atoms with Crippen LogP contribution in [-0.2, 0) is 4.74 Å². The third-order valence-electron chi connectivity index (χ3n) is 5.02. The van der Waals surface area contributed by atoms with Crippen molar-refractivity contribution in [3.63, 3.8) is 0 Å². The maximum absolute atomic E-state index is 12.3. The van der Waals surface area contributed by atoms with Crippen LogP contribution in [0.1, 0.15) is 39.0 Å². The van der Waals surface area contributed by atoms with Crippen molar-refractivity contribution < 1.29 is 9.53 Å². The van der Waals surface area contributed by atoms with E-state index in [1.165, 1.54) is 25.7 Å². The molecule has 2 heterocycles. The number of ether oxygens (including phenoxy) is 1. The Morgan fingerprint density at radius 1 is 1.20 bits per heavy atom. The summed E-state index contributed by atoms with van der Waals surface area (Å²) in [6, 6.07) is 1.40. The highest BCUT2D eigenvalue weighted by Crippen LogP contribution is 2.26. The maximum Gasteiger partial charge on any atom is 0.318 e. The van der Waals surface area contributed by atoms with Crippen molar-refractivity contribution in [2.24, 2.45) is 0 Å². The van der Waals surface area contributed by atoms with Crippen LogP contribution in [0.5, 0.6) is 0 Å². The van der Waals surface area contributed by atoms with Gasteiger partial charge < -0.3 is 15.0 Å². The topological polar surface area (TPSA) is 44.8 Å². The van der Waals surface area contributed by atoms with E-state index >= 15 is 0 Å². The van der Waals surface area contributed by atoms with Crippen molar-refractivity contribution in [1.82, 2.24) is 15.1 Å². The normalized spacial score (nSPS) is 32.8. The number of hydrogen-bond donors (Lipinski definition) is 1. The number of nitrogens with zero attached hydrogens (tertiary/aromatic N) is 2. The first-order valence-electron chi connectivity index (χ1n) is 8.13. The molecule has 1 saturated carbocycles. The summed E-state index contributed by atoms with van der Waals surface area (Å²) in [6.45, 7) is 6.27. The zero-order valence-corrected chi connectivity index (χ0v) is 12.5. The van der Waals surface area contributed by atoms with E-state index in [1.54, 1.807) is 0 Å². The lowest BCUT2D eigenvalue weighted by atomic mass is 10.2. The molecule has 2 unspecified atom stereocenters. The van der Waals surface area contributed by atoms with Gasteiger partial charge in [-0.3, -0.25) is 4.90 Å². The average Bonchev–Trinajstić information content (AvgIpc) is 3.09. The predicted molar refractivity (Wildman–Crippen MR) is 77.8 cm³/mol. The fraction of sp³-hybridized carbons (Fsp3) is 0.933. The lowest BCUT2D eigenvalue weighted by Gasteiger charge is -2.34. The van der Waals surface area contributed by atoms with Crippen molar-refractivity contribution >= 4 is 6.03 Å². The fourth-order valence-electron chi connectivity index (χ4n) is 3.79. The summed E-state index contributed by atoms with van der Waals surface area (Å²) in [4.78, 5) is 16.8. The zero-order valence-electron chi connectivity index (χ0n) is 12.5. The summed E-state index contributed by atoms with van der Waals surface area (Å²) in [6.07, 6.45) is 6.55. The largest absolute Gasteiger partial charge is 0.377 e. The molecule has 20 heavy (non-hydrogen) atoms. The molecule has 2 atom stereocenters. The van der Waals surface area contributed by atoms with E-state index in [9.17, 15) is 4.79 Å². The molecule has 0 aromatic heterocycles. The zero-order chi connectivity index (χ0) is 13.9. The molecule has 1 N–H and O–H groups in total. The highest BCUT2D eigenvalue weighted by atomic mass is 16.5. The van der Waals surface area contributed by atoms with E-state index in [-0.39, 0.29) is 12.1 Å². The number of likely N-dealkylation sites (tertiary alicyclic amines) is 1. The summed E-state index contributed by atoms with van der Waals surface area (Å²) in [5, 5.41) is 3.22. The van der Waals surface area contributed by atoms with E-state index in [0.717, 1.165) is 25.6 Å². The second-order valence-electron chi connectivity index (χ2n) is 6.49. The first-order chi connectivity index (χ1) is 9.74. The van der Waals surface area contributed by atoms with E-state index in [4.69, 9.17) is 4.74 Å². The number of carbonyl (C=O) groups excluding carboxylic acids is 1. The minimum Gasteiger partial charge on any atom is -0.377 e.